The zero-order valence-electron chi connectivity index (χ0n) is 14.2. The van der Waals surface area contributed by atoms with E-state index in [0.717, 1.165) is 6.54 Å². The molecule has 0 amide bonds. The number of nitrogens with one attached hydrogen (secondary N) is 2. The van der Waals surface area contributed by atoms with E-state index in [0.29, 0.717) is 18.2 Å². The van der Waals surface area contributed by atoms with Gasteiger partial charge in [0.25, 0.3) is 0 Å². The van der Waals surface area contributed by atoms with Gasteiger partial charge in [0, 0.05) is 19.8 Å². The summed E-state index contributed by atoms with van der Waals surface area (Å²) in [5.41, 5.74) is 0.607. The minimum atomic E-state index is -0.301. The summed E-state index contributed by atoms with van der Waals surface area (Å²) in [6.45, 7) is 7.88. The van der Waals surface area contributed by atoms with Crippen molar-refractivity contribution in [2.75, 3.05) is 13.6 Å². The first-order valence-corrected chi connectivity index (χ1v) is 8.02. The molecule has 0 aliphatic heterocycles. The monoisotopic (exact) mass is 308 g/mol. The second-order valence-electron chi connectivity index (χ2n) is 6.33. The van der Waals surface area contributed by atoms with Gasteiger partial charge >= 0.3 is 0 Å². The van der Waals surface area contributed by atoms with Crippen molar-refractivity contribution in [3.8, 4) is 0 Å². The van der Waals surface area contributed by atoms with E-state index in [-0.39, 0.29) is 11.2 Å². The normalized spacial score (nSPS) is 12.3. The lowest BCUT2D eigenvalue weighted by Gasteiger charge is -2.26. The minimum Gasteiger partial charge on any atom is -0.356 e. The SMILES string of the molecule is CCCCCC(C)(C)CNC(=NC)NCc1ncccc1F. The molecule has 0 unspecified atom stereocenters. The highest BCUT2D eigenvalue weighted by atomic mass is 19.1. The summed E-state index contributed by atoms with van der Waals surface area (Å²) in [7, 11) is 1.72. The van der Waals surface area contributed by atoms with Crippen LogP contribution in [0, 0.1) is 11.2 Å². The first kappa shape index (κ1) is 18.4. The van der Waals surface area contributed by atoms with Crippen LogP contribution in [0.25, 0.3) is 0 Å². The highest BCUT2D eigenvalue weighted by molar-refractivity contribution is 5.79. The van der Waals surface area contributed by atoms with Crippen molar-refractivity contribution in [3.05, 3.63) is 29.8 Å². The number of nitrogens with zero attached hydrogens (tertiary/aromatic N) is 2. The number of unbranched alkanes of at least 4 members (excludes halogenated alkanes) is 2. The third kappa shape index (κ3) is 6.87. The van der Waals surface area contributed by atoms with Gasteiger partial charge in [-0.25, -0.2) is 4.39 Å². The number of pyridine rings is 1. The molecule has 0 bridgehead atoms. The Morgan fingerprint density at radius 3 is 2.73 bits per heavy atom. The lowest BCUT2D eigenvalue weighted by Crippen LogP contribution is -2.42. The van der Waals surface area contributed by atoms with E-state index in [9.17, 15) is 4.39 Å². The predicted octanol–water partition coefficient (Wildman–Crippen LogP) is 3.49. The van der Waals surface area contributed by atoms with E-state index in [1.54, 1.807) is 19.3 Å². The van der Waals surface area contributed by atoms with E-state index in [1.165, 1.54) is 31.7 Å². The maximum absolute atomic E-state index is 13.5. The first-order chi connectivity index (χ1) is 10.5. The van der Waals surface area contributed by atoms with E-state index in [4.69, 9.17) is 0 Å². The Hall–Kier alpha value is -1.65. The molecule has 0 aliphatic carbocycles. The summed E-state index contributed by atoms with van der Waals surface area (Å²) < 4.78 is 13.5. The van der Waals surface area contributed by atoms with Crippen LogP contribution >= 0.6 is 0 Å². The van der Waals surface area contributed by atoms with Crippen LogP contribution in [0.4, 0.5) is 4.39 Å². The van der Waals surface area contributed by atoms with Crippen LogP contribution in [0.2, 0.25) is 0 Å². The average molecular weight is 308 g/mol. The molecule has 0 saturated heterocycles. The zero-order chi connectivity index (χ0) is 16.4. The van der Waals surface area contributed by atoms with Crippen molar-refractivity contribution in [1.29, 1.82) is 0 Å². The van der Waals surface area contributed by atoms with Gasteiger partial charge in [-0.2, -0.15) is 0 Å². The van der Waals surface area contributed by atoms with Crippen LogP contribution in [0.1, 0.15) is 52.1 Å². The van der Waals surface area contributed by atoms with Crippen LogP contribution in [-0.4, -0.2) is 24.5 Å². The van der Waals surface area contributed by atoms with Gasteiger partial charge in [-0.3, -0.25) is 9.98 Å². The quantitative estimate of drug-likeness (QED) is 0.439. The van der Waals surface area contributed by atoms with E-state index in [2.05, 4.69) is 41.4 Å². The van der Waals surface area contributed by atoms with Crippen LogP contribution in [0.5, 0.6) is 0 Å². The zero-order valence-corrected chi connectivity index (χ0v) is 14.2. The highest BCUT2D eigenvalue weighted by Gasteiger charge is 2.17. The van der Waals surface area contributed by atoms with Crippen LogP contribution < -0.4 is 10.6 Å². The van der Waals surface area contributed by atoms with Crippen molar-refractivity contribution in [1.82, 2.24) is 15.6 Å². The minimum absolute atomic E-state index is 0.211. The number of guanidine groups is 1. The molecule has 0 radical (unpaired) electrons. The van der Waals surface area contributed by atoms with Crippen molar-refractivity contribution >= 4 is 5.96 Å². The molecule has 0 aliphatic rings. The molecule has 1 rings (SSSR count). The molecular formula is C17H29FN4. The summed E-state index contributed by atoms with van der Waals surface area (Å²) in [6.07, 6.45) is 6.53. The van der Waals surface area contributed by atoms with Gasteiger partial charge < -0.3 is 10.6 Å². The van der Waals surface area contributed by atoms with Gasteiger partial charge in [-0.1, -0.05) is 40.0 Å². The summed E-state index contributed by atoms with van der Waals surface area (Å²) in [5.74, 6) is 0.374. The number of rotatable bonds is 8. The second-order valence-corrected chi connectivity index (χ2v) is 6.33. The van der Waals surface area contributed by atoms with Gasteiger partial charge in [0.2, 0.25) is 0 Å². The Morgan fingerprint density at radius 2 is 2.09 bits per heavy atom. The molecule has 0 spiro atoms. The number of aliphatic imine (C=N–C) groups is 1. The molecule has 4 nitrogen and oxygen atoms in total. The summed E-state index contributed by atoms with van der Waals surface area (Å²) in [5, 5.41) is 6.42. The summed E-state index contributed by atoms with van der Waals surface area (Å²) >= 11 is 0. The smallest absolute Gasteiger partial charge is 0.191 e. The molecule has 5 heteroatoms. The third-order valence-corrected chi connectivity index (χ3v) is 3.67. The van der Waals surface area contributed by atoms with Crippen molar-refractivity contribution in [2.45, 2.75) is 53.0 Å². The van der Waals surface area contributed by atoms with Gasteiger partial charge in [-0.05, 0) is 24.0 Å². The van der Waals surface area contributed by atoms with Gasteiger partial charge in [0.15, 0.2) is 5.96 Å². The largest absolute Gasteiger partial charge is 0.356 e. The van der Waals surface area contributed by atoms with Gasteiger partial charge in [0.05, 0.1) is 12.2 Å². The second kappa shape index (κ2) is 9.38. The topological polar surface area (TPSA) is 49.3 Å². The molecule has 2 N–H and O–H groups in total. The van der Waals surface area contributed by atoms with E-state index >= 15 is 0 Å². The predicted molar refractivity (Wildman–Crippen MR) is 90.3 cm³/mol. The third-order valence-electron chi connectivity index (χ3n) is 3.67. The van der Waals surface area contributed by atoms with Gasteiger partial charge in [0.1, 0.15) is 5.82 Å². The molecule has 0 atom stereocenters. The fourth-order valence-corrected chi connectivity index (χ4v) is 2.20. The van der Waals surface area contributed by atoms with Crippen LogP contribution in [0.15, 0.2) is 23.3 Å². The molecule has 1 aromatic rings. The fourth-order valence-electron chi connectivity index (χ4n) is 2.20. The van der Waals surface area contributed by atoms with Crippen LogP contribution in [-0.2, 0) is 6.54 Å². The summed E-state index contributed by atoms with van der Waals surface area (Å²) in [4.78, 5) is 8.20. The molecule has 0 aromatic carbocycles. The molecule has 124 valence electrons. The lowest BCUT2D eigenvalue weighted by atomic mass is 9.87. The standard InChI is InChI=1S/C17H29FN4/c1-5-6-7-10-17(2,3)13-22-16(19-4)21-12-15-14(18)9-8-11-20-15/h8-9,11H,5-7,10,12-13H2,1-4H3,(H2,19,21,22). The molecule has 0 fully saturated rings. The van der Waals surface area contributed by atoms with Crippen molar-refractivity contribution < 1.29 is 4.39 Å². The Kier molecular flexibility index (Phi) is 7.85. The van der Waals surface area contributed by atoms with Crippen molar-refractivity contribution in [3.63, 3.8) is 0 Å². The Bertz CT molecular complexity index is 471. The molecular weight excluding hydrogens is 279 g/mol. The highest BCUT2D eigenvalue weighted by Crippen LogP contribution is 2.22. The van der Waals surface area contributed by atoms with E-state index in [1.807, 2.05) is 0 Å². The Morgan fingerprint density at radius 1 is 1.32 bits per heavy atom. The number of halogens is 1. The fraction of sp³-hybridized carbons (Fsp3) is 0.647. The van der Waals surface area contributed by atoms with Crippen molar-refractivity contribution in [2.24, 2.45) is 10.4 Å². The molecule has 1 heterocycles. The van der Waals surface area contributed by atoms with E-state index < -0.39 is 0 Å². The maximum atomic E-state index is 13.5. The maximum Gasteiger partial charge on any atom is 0.191 e. The molecule has 22 heavy (non-hydrogen) atoms. The first-order valence-electron chi connectivity index (χ1n) is 8.02. The number of aromatic nitrogens is 1. The van der Waals surface area contributed by atoms with Gasteiger partial charge in [-0.15, -0.1) is 0 Å². The molecule has 1 aromatic heterocycles. The average Bonchev–Trinajstić information content (AvgIpc) is 2.49. The summed E-state index contributed by atoms with van der Waals surface area (Å²) in [6, 6.07) is 3.00. The molecule has 0 saturated carbocycles. The Labute approximate surface area is 133 Å². The van der Waals surface area contributed by atoms with Crippen LogP contribution in [0.3, 0.4) is 0 Å². The lowest BCUT2D eigenvalue weighted by molar-refractivity contribution is 0.318. The number of hydrogen-bond acceptors (Lipinski definition) is 2. The Balaban J connectivity index is 2.41. The number of hydrogen-bond donors (Lipinski definition) is 2.